The molecule has 0 bridgehead atoms. The van der Waals surface area contributed by atoms with E-state index in [0.29, 0.717) is 17.0 Å². The summed E-state index contributed by atoms with van der Waals surface area (Å²) in [5.41, 5.74) is 1.42. The largest absolute Gasteiger partial charge is 0.303 e. The Morgan fingerprint density at radius 3 is 2.93 bits per heavy atom. The Balaban J connectivity index is 2.98. The van der Waals surface area contributed by atoms with Crippen LogP contribution in [-0.2, 0) is 11.2 Å². The van der Waals surface area contributed by atoms with E-state index in [2.05, 4.69) is 6.07 Å². The van der Waals surface area contributed by atoms with Gasteiger partial charge in [-0.2, -0.15) is 5.26 Å². The number of rotatable bonds is 3. The molecule has 3 heteroatoms. The summed E-state index contributed by atoms with van der Waals surface area (Å²) < 4.78 is 0. The van der Waals surface area contributed by atoms with Crippen molar-refractivity contribution in [3.05, 3.63) is 34.3 Å². The summed E-state index contributed by atoms with van der Waals surface area (Å²) in [6, 6.07) is 7.21. The molecule has 0 aliphatic heterocycles. The van der Waals surface area contributed by atoms with Gasteiger partial charge in [0.2, 0.25) is 0 Å². The fourth-order valence-corrected chi connectivity index (χ4v) is 1.40. The van der Waals surface area contributed by atoms with Crippen LogP contribution in [0.5, 0.6) is 0 Å². The molecule has 0 heterocycles. The Hall–Kier alpha value is -1.33. The Kier molecular flexibility index (Phi) is 3.67. The van der Waals surface area contributed by atoms with Gasteiger partial charge in [0.15, 0.2) is 0 Å². The van der Waals surface area contributed by atoms with Gasteiger partial charge in [0.25, 0.3) is 0 Å². The lowest BCUT2D eigenvalue weighted by atomic mass is 9.98. The number of nitriles is 1. The number of hydrogen-bond acceptors (Lipinski definition) is 2. The Morgan fingerprint density at radius 1 is 1.64 bits per heavy atom. The maximum Gasteiger partial charge on any atom is 0.123 e. The van der Waals surface area contributed by atoms with Crippen LogP contribution in [0.25, 0.3) is 0 Å². The second kappa shape index (κ2) is 4.78. The van der Waals surface area contributed by atoms with Crippen LogP contribution >= 0.6 is 11.6 Å². The zero-order chi connectivity index (χ0) is 10.6. The van der Waals surface area contributed by atoms with Crippen LogP contribution in [0.3, 0.4) is 0 Å². The number of hydrogen-bond donors (Lipinski definition) is 0. The average Bonchev–Trinajstić information content (AvgIpc) is 2.20. The van der Waals surface area contributed by atoms with Crippen molar-refractivity contribution >= 4 is 17.9 Å². The Morgan fingerprint density at radius 2 is 2.36 bits per heavy atom. The Labute approximate surface area is 88.1 Å². The molecule has 0 aliphatic rings. The maximum atomic E-state index is 10.5. The molecule has 0 spiro atoms. The molecule has 0 amide bonds. The van der Waals surface area contributed by atoms with Crippen LogP contribution in [0.15, 0.2) is 18.2 Å². The summed E-state index contributed by atoms with van der Waals surface area (Å²) in [5.74, 6) is -0.0664. The van der Waals surface area contributed by atoms with Gasteiger partial charge in [0.1, 0.15) is 6.29 Å². The molecule has 1 atom stereocenters. The Bertz CT molecular complexity index is 381. The summed E-state index contributed by atoms with van der Waals surface area (Å²) >= 11 is 5.75. The minimum absolute atomic E-state index is 0.0664. The number of halogens is 1. The SMILES string of the molecule is CC(C=O)Cc1ccc(Cl)cc1C#N. The number of carbonyl (C=O) groups is 1. The molecular weight excluding hydrogens is 198 g/mol. The predicted molar refractivity (Wildman–Crippen MR) is 55.1 cm³/mol. The predicted octanol–water partition coefficient (Wildman–Crippen LogP) is 2.59. The monoisotopic (exact) mass is 207 g/mol. The topological polar surface area (TPSA) is 40.9 Å². The van der Waals surface area contributed by atoms with Gasteiger partial charge in [0, 0.05) is 10.9 Å². The molecule has 0 N–H and O–H groups in total. The van der Waals surface area contributed by atoms with Crippen LogP contribution in [0.1, 0.15) is 18.1 Å². The molecule has 1 unspecified atom stereocenters. The lowest BCUT2D eigenvalue weighted by molar-refractivity contribution is -0.110. The van der Waals surface area contributed by atoms with E-state index in [9.17, 15) is 4.79 Å². The highest BCUT2D eigenvalue weighted by Crippen LogP contribution is 2.17. The highest BCUT2D eigenvalue weighted by atomic mass is 35.5. The summed E-state index contributed by atoms with van der Waals surface area (Å²) in [6.07, 6.45) is 1.47. The normalized spacial score (nSPS) is 11.8. The molecule has 2 nitrogen and oxygen atoms in total. The smallest absolute Gasteiger partial charge is 0.123 e. The van der Waals surface area contributed by atoms with E-state index in [-0.39, 0.29) is 5.92 Å². The average molecular weight is 208 g/mol. The summed E-state index contributed by atoms with van der Waals surface area (Å²) in [6.45, 7) is 1.82. The first-order chi connectivity index (χ1) is 6.67. The first-order valence-electron chi connectivity index (χ1n) is 4.31. The third-order valence-electron chi connectivity index (χ3n) is 1.97. The third-order valence-corrected chi connectivity index (χ3v) is 2.20. The van der Waals surface area contributed by atoms with E-state index in [4.69, 9.17) is 16.9 Å². The van der Waals surface area contributed by atoms with Crippen molar-refractivity contribution in [1.82, 2.24) is 0 Å². The van der Waals surface area contributed by atoms with Crippen molar-refractivity contribution in [3.63, 3.8) is 0 Å². The molecule has 1 rings (SSSR count). The van der Waals surface area contributed by atoms with Gasteiger partial charge in [0.05, 0.1) is 11.6 Å². The van der Waals surface area contributed by atoms with E-state index in [0.717, 1.165) is 11.8 Å². The first kappa shape index (κ1) is 10.7. The zero-order valence-electron chi connectivity index (χ0n) is 7.83. The molecular formula is C11H10ClNO. The molecule has 0 aromatic heterocycles. The van der Waals surface area contributed by atoms with Gasteiger partial charge in [-0.05, 0) is 24.1 Å². The second-order valence-electron chi connectivity index (χ2n) is 3.23. The zero-order valence-corrected chi connectivity index (χ0v) is 8.58. The molecule has 72 valence electrons. The second-order valence-corrected chi connectivity index (χ2v) is 3.67. The fourth-order valence-electron chi connectivity index (χ4n) is 1.23. The number of nitrogens with zero attached hydrogens (tertiary/aromatic N) is 1. The van der Waals surface area contributed by atoms with Gasteiger partial charge >= 0.3 is 0 Å². The highest BCUT2D eigenvalue weighted by Gasteiger charge is 2.07. The molecule has 1 aromatic carbocycles. The molecule has 1 aromatic rings. The van der Waals surface area contributed by atoms with Crippen LogP contribution in [0, 0.1) is 17.2 Å². The van der Waals surface area contributed by atoms with E-state index >= 15 is 0 Å². The quantitative estimate of drug-likeness (QED) is 0.715. The lowest BCUT2D eigenvalue weighted by Crippen LogP contribution is -2.02. The lowest BCUT2D eigenvalue weighted by Gasteiger charge is -2.05. The van der Waals surface area contributed by atoms with Crippen molar-refractivity contribution in [2.75, 3.05) is 0 Å². The molecule has 0 saturated carbocycles. The van der Waals surface area contributed by atoms with Crippen molar-refractivity contribution in [2.45, 2.75) is 13.3 Å². The summed E-state index contributed by atoms with van der Waals surface area (Å²) in [4.78, 5) is 10.5. The number of aldehydes is 1. The summed E-state index contributed by atoms with van der Waals surface area (Å²) in [7, 11) is 0. The highest BCUT2D eigenvalue weighted by molar-refractivity contribution is 6.30. The van der Waals surface area contributed by atoms with E-state index in [1.165, 1.54) is 0 Å². The van der Waals surface area contributed by atoms with Crippen LogP contribution in [-0.4, -0.2) is 6.29 Å². The van der Waals surface area contributed by atoms with Crippen molar-refractivity contribution in [1.29, 1.82) is 5.26 Å². The van der Waals surface area contributed by atoms with Gasteiger partial charge in [-0.1, -0.05) is 24.6 Å². The molecule has 14 heavy (non-hydrogen) atoms. The van der Waals surface area contributed by atoms with Crippen LogP contribution in [0.4, 0.5) is 0 Å². The van der Waals surface area contributed by atoms with E-state index in [1.54, 1.807) is 18.2 Å². The van der Waals surface area contributed by atoms with Gasteiger partial charge in [-0.15, -0.1) is 0 Å². The minimum atomic E-state index is -0.0664. The van der Waals surface area contributed by atoms with Gasteiger partial charge in [-0.3, -0.25) is 0 Å². The van der Waals surface area contributed by atoms with Crippen molar-refractivity contribution in [3.8, 4) is 6.07 Å². The fraction of sp³-hybridized carbons (Fsp3) is 0.273. The molecule has 0 fully saturated rings. The first-order valence-corrected chi connectivity index (χ1v) is 4.69. The third kappa shape index (κ3) is 2.58. The van der Waals surface area contributed by atoms with Crippen molar-refractivity contribution < 1.29 is 4.79 Å². The van der Waals surface area contributed by atoms with E-state index in [1.807, 2.05) is 6.92 Å². The standard InChI is InChI=1S/C11H10ClNO/c1-8(7-14)4-9-2-3-11(12)5-10(9)6-13/h2-3,5,7-8H,4H2,1H3. The number of carbonyl (C=O) groups excluding carboxylic acids is 1. The van der Waals surface area contributed by atoms with Crippen molar-refractivity contribution in [2.24, 2.45) is 5.92 Å². The molecule has 0 saturated heterocycles. The van der Waals surface area contributed by atoms with Gasteiger partial charge in [-0.25, -0.2) is 0 Å². The molecule has 0 radical (unpaired) electrons. The van der Waals surface area contributed by atoms with E-state index < -0.39 is 0 Å². The van der Waals surface area contributed by atoms with Gasteiger partial charge < -0.3 is 4.79 Å². The van der Waals surface area contributed by atoms with Crippen LogP contribution < -0.4 is 0 Å². The minimum Gasteiger partial charge on any atom is -0.303 e. The summed E-state index contributed by atoms with van der Waals surface area (Å²) in [5, 5.41) is 9.38. The van der Waals surface area contributed by atoms with Crippen LogP contribution in [0.2, 0.25) is 5.02 Å². The number of benzene rings is 1. The maximum absolute atomic E-state index is 10.5. The molecule has 0 aliphatic carbocycles.